The first kappa shape index (κ1) is 24.4. The number of amides is 1. The lowest BCUT2D eigenvalue weighted by molar-refractivity contribution is 0.0659. The van der Waals surface area contributed by atoms with Gasteiger partial charge in [0.25, 0.3) is 11.5 Å². The first-order chi connectivity index (χ1) is 18.0. The second-order valence-corrected chi connectivity index (χ2v) is 8.82. The molecule has 0 spiro atoms. The Bertz CT molecular complexity index is 1500. The van der Waals surface area contributed by atoms with E-state index in [-0.39, 0.29) is 18.3 Å². The van der Waals surface area contributed by atoms with Crippen molar-refractivity contribution in [1.82, 2.24) is 14.5 Å². The molecule has 4 aromatic rings. The smallest absolute Gasteiger partial charge is 0.266 e. The lowest BCUT2D eigenvalue weighted by Crippen LogP contribution is -2.39. The van der Waals surface area contributed by atoms with Crippen LogP contribution in [0, 0.1) is 0 Å². The molecule has 0 saturated heterocycles. The number of hydrogen-bond acceptors (Lipinski definition) is 6. The lowest BCUT2D eigenvalue weighted by atomic mass is 10.1. The molecule has 0 bridgehead atoms. The van der Waals surface area contributed by atoms with E-state index in [9.17, 15) is 9.59 Å². The molecule has 8 heteroatoms. The van der Waals surface area contributed by atoms with Crippen LogP contribution in [0.2, 0.25) is 0 Å². The topological polar surface area (TPSA) is 82.9 Å². The summed E-state index contributed by atoms with van der Waals surface area (Å²) in [5, 5.41) is 0.515. The average molecular weight is 500 g/mol. The molecule has 0 fully saturated rings. The van der Waals surface area contributed by atoms with Crippen molar-refractivity contribution in [1.29, 1.82) is 0 Å². The summed E-state index contributed by atoms with van der Waals surface area (Å²) in [4.78, 5) is 34.5. The van der Waals surface area contributed by atoms with Gasteiger partial charge in [0, 0.05) is 12.1 Å². The molecular weight excluding hydrogens is 470 g/mol. The number of carbonyl (C=O) groups excluding carboxylic acids is 1. The third kappa shape index (κ3) is 4.50. The summed E-state index contributed by atoms with van der Waals surface area (Å²) in [5.41, 5.74) is 1.56. The number of carbonyl (C=O) groups is 1. The second kappa shape index (κ2) is 10.3. The largest absolute Gasteiger partial charge is 0.497 e. The van der Waals surface area contributed by atoms with E-state index in [0.29, 0.717) is 58.2 Å². The number of rotatable bonds is 8. The predicted molar refractivity (Wildman–Crippen MR) is 141 cm³/mol. The number of fused-ring (bicyclic) bond motifs is 2. The Morgan fingerprint density at radius 3 is 2.54 bits per heavy atom. The van der Waals surface area contributed by atoms with Crippen LogP contribution in [0.1, 0.15) is 48.9 Å². The van der Waals surface area contributed by atoms with Crippen molar-refractivity contribution in [3.63, 3.8) is 0 Å². The Labute approximate surface area is 215 Å². The molecule has 0 radical (unpaired) electrons. The molecule has 8 nitrogen and oxygen atoms in total. The molecule has 190 valence electrons. The second-order valence-electron chi connectivity index (χ2n) is 8.82. The van der Waals surface area contributed by atoms with Gasteiger partial charge in [-0.3, -0.25) is 14.2 Å². The van der Waals surface area contributed by atoms with Crippen LogP contribution in [0.15, 0.2) is 71.5 Å². The summed E-state index contributed by atoms with van der Waals surface area (Å²) in [7, 11) is 1.60. The highest BCUT2D eigenvalue weighted by Crippen LogP contribution is 2.34. The maximum atomic E-state index is 13.9. The fraction of sp³-hybridized carbons (Fsp3) is 0.276. The summed E-state index contributed by atoms with van der Waals surface area (Å²) in [6.45, 7) is 4.66. The molecular formula is C29H29N3O5. The third-order valence-electron chi connectivity index (χ3n) is 6.54. The molecule has 1 aliphatic rings. The highest BCUT2D eigenvalue weighted by Gasteiger charge is 2.30. The molecule has 1 atom stereocenters. The summed E-state index contributed by atoms with van der Waals surface area (Å²) < 4.78 is 17.8. The number of ether oxygens (including phenoxy) is 3. The molecule has 0 aliphatic carbocycles. The lowest BCUT2D eigenvalue weighted by Gasteiger charge is -2.32. The van der Waals surface area contributed by atoms with E-state index >= 15 is 0 Å². The standard InChI is InChI=1S/C29H29N3O5/c1-4-16-31(28(33)19-10-15-25-26(17-19)37-18-36-25)24(5-2)27-30-23-9-7-6-8-22(23)29(34)32(27)20-11-13-21(35-3)14-12-20/h6-15,17,24H,4-5,16,18H2,1-3H3. The van der Waals surface area contributed by atoms with Crippen molar-refractivity contribution in [3.8, 4) is 22.9 Å². The monoisotopic (exact) mass is 499 g/mol. The highest BCUT2D eigenvalue weighted by atomic mass is 16.7. The van der Waals surface area contributed by atoms with E-state index < -0.39 is 6.04 Å². The summed E-state index contributed by atoms with van der Waals surface area (Å²) in [5.74, 6) is 2.21. The van der Waals surface area contributed by atoms with Crippen LogP contribution in [0.25, 0.3) is 16.6 Å². The first-order valence-electron chi connectivity index (χ1n) is 12.4. The Kier molecular flexibility index (Phi) is 6.81. The van der Waals surface area contributed by atoms with Gasteiger partial charge in [0.2, 0.25) is 6.79 Å². The first-order valence-corrected chi connectivity index (χ1v) is 12.4. The normalized spacial score (nSPS) is 12.9. The number of methoxy groups -OCH3 is 1. The van der Waals surface area contributed by atoms with Gasteiger partial charge in [-0.2, -0.15) is 0 Å². The minimum absolute atomic E-state index is 0.137. The third-order valence-corrected chi connectivity index (χ3v) is 6.54. The van der Waals surface area contributed by atoms with Crippen molar-refractivity contribution in [2.75, 3.05) is 20.4 Å². The zero-order chi connectivity index (χ0) is 25.9. The van der Waals surface area contributed by atoms with Gasteiger partial charge in [-0.1, -0.05) is 26.0 Å². The van der Waals surface area contributed by atoms with Gasteiger partial charge < -0.3 is 19.1 Å². The molecule has 0 N–H and O–H groups in total. The van der Waals surface area contributed by atoms with E-state index in [1.54, 1.807) is 40.8 Å². The van der Waals surface area contributed by atoms with Gasteiger partial charge >= 0.3 is 0 Å². The number of benzene rings is 3. The minimum Gasteiger partial charge on any atom is -0.497 e. The maximum Gasteiger partial charge on any atom is 0.266 e. The van der Waals surface area contributed by atoms with E-state index in [1.807, 2.05) is 56.3 Å². The summed E-state index contributed by atoms with van der Waals surface area (Å²) in [6.07, 6.45) is 1.31. The number of aromatic nitrogens is 2. The van der Waals surface area contributed by atoms with Gasteiger partial charge in [-0.25, -0.2) is 4.98 Å². The van der Waals surface area contributed by atoms with Crippen molar-refractivity contribution in [2.24, 2.45) is 0 Å². The fourth-order valence-electron chi connectivity index (χ4n) is 4.73. The summed E-state index contributed by atoms with van der Waals surface area (Å²) >= 11 is 0. The number of nitrogens with zero attached hydrogens (tertiary/aromatic N) is 3. The van der Waals surface area contributed by atoms with Gasteiger partial charge in [0.15, 0.2) is 11.5 Å². The Balaban J connectivity index is 1.66. The average Bonchev–Trinajstić information content (AvgIpc) is 3.41. The minimum atomic E-state index is -0.447. The maximum absolute atomic E-state index is 13.9. The van der Waals surface area contributed by atoms with Crippen molar-refractivity contribution in [3.05, 3.63) is 88.5 Å². The van der Waals surface area contributed by atoms with E-state index in [4.69, 9.17) is 19.2 Å². The van der Waals surface area contributed by atoms with Crippen molar-refractivity contribution < 1.29 is 19.0 Å². The van der Waals surface area contributed by atoms with Gasteiger partial charge in [0.1, 0.15) is 11.6 Å². The van der Waals surface area contributed by atoms with Crippen LogP contribution >= 0.6 is 0 Å². The van der Waals surface area contributed by atoms with Crippen LogP contribution in [0.3, 0.4) is 0 Å². The number of para-hydroxylation sites is 1. The molecule has 1 aliphatic heterocycles. The van der Waals surface area contributed by atoms with E-state index in [1.165, 1.54) is 0 Å². The van der Waals surface area contributed by atoms with Crippen molar-refractivity contribution in [2.45, 2.75) is 32.7 Å². The highest BCUT2D eigenvalue weighted by molar-refractivity contribution is 5.95. The van der Waals surface area contributed by atoms with Crippen molar-refractivity contribution >= 4 is 16.8 Å². The Morgan fingerprint density at radius 1 is 1.05 bits per heavy atom. The van der Waals surface area contributed by atoms with Crippen LogP contribution in [0.4, 0.5) is 0 Å². The number of hydrogen-bond donors (Lipinski definition) is 0. The molecule has 3 aromatic carbocycles. The van der Waals surface area contributed by atoms with Gasteiger partial charge in [-0.15, -0.1) is 0 Å². The van der Waals surface area contributed by atoms with Crippen LogP contribution in [-0.4, -0.2) is 40.8 Å². The Morgan fingerprint density at radius 2 is 1.81 bits per heavy atom. The van der Waals surface area contributed by atoms with Gasteiger partial charge in [0.05, 0.1) is 29.7 Å². The summed E-state index contributed by atoms with van der Waals surface area (Å²) in [6, 6.07) is 19.3. The molecule has 37 heavy (non-hydrogen) atoms. The predicted octanol–water partition coefficient (Wildman–Crippen LogP) is 5.13. The van der Waals surface area contributed by atoms with Crippen LogP contribution in [0.5, 0.6) is 17.2 Å². The van der Waals surface area contributed by atoms with Crippen LogP contribution < -0.4 is 19.8 Å². The SMILES string of the molecule is CCCN(C(=O)c1ccc2c(c1)OCO2)C(CC)c1nc2ccccc2c(=O)n1-c1ccc(OC)cc1. The fourth-order valence-corrected chi connectivity index (χ4v) is 4.73. The molecule has 1 unspecified atom stereocenters. The van der Waals surface area contributed by atoms with Crippen LogP contribution in [-0.2, 0) is 0 Å². The molecule has 1 amide bonds. The quantitative estimate of drug-likeness (QED) is 0.334. The Hall–Kier alpha value is -4.33. The van der Waals surface area contributed by atoms with Gasteiger partial charge in [-0.05, 0) is 67.4 Å². The molecule has 1 aromatic heterocycles. The molecule has 0 saturated carbocycles. The molecule has 2 heterocycles. The zero-order valence-electron chi connectivity index (χ0n) is 21.1. The zero-order valence-corrected chi connectivity index (χ0v) is 21.1. The van der Waals surface area contributed by atoms with E-state index in [2.05, 4.69) is 0 Å². The molecule has 5 rings (SSSR count). The van der Waals surface area contributed by atoms with E-state index in [0.717, 1.165) is 6.42 Å².